The van der Waals surface area contributed by atoms with Crippen LogP contribution >= 0.6 is 0 Å². The second-order valence-corrected chi connectivity index (χ2v) is 9.70. The first kappa shape index (κ1) is 26.3. The highest BCUT2D eigenvalue weighted by Crippen LogP contribution is 2.49. The average Bonchev–Trinajstić information content (AvgIpc) is 3.14. The number of benzene rings is 1. The zero-order valence-electron chi connectivity index (χ0n) is 20.9. The molecule has 3 unspecified atom stereocenters. The van der Waals surface area contributed by atoms with E-state index in [9.17, 15) is 14.4 Å². The highest BCUT2D eigenvalue weighted by molar-refractivity contribution is 5.86. The molecule has 0 aliphatic heterocycles. The number of carbonyl (C=O) groups is 3. The van der Waals surface area contributed by atoms with Crippen molar-refractivity contribution in [3.8, 4) is 0 Å². The molecule has 0 saturated heterocycles. The quantitative estimate of drug-likeness (QED) is 0.284. The van der Waals surface area contributed by atoms with E-state index in [2.05, 4.69) is 30.9 Å². The summed E-state index contributed by atoms with van der Waals surface area (Å²) in [6, 6.07) is 7.04. The van der Waals surface area contributed by atoms with Gasteiger partial charge in [-0.15, -0.1) is 0 Å². The van der Waals surface area contributed by atoms with E-state index in [0.29, 0.717) is 0 Å². The van der Waals surface area contributed by atoms with E-state index in [1.54, 1.807) is 27.7 Å². The SMILES string of the molecule is C=CCOC(=O)C[C@@H](C(=O)OC(C)(C)C)N(CC)C(=O)OCC1c2ccccc2C2C=CC=CC21. The summed E-state index contributed by atoms with van der Waals surface area (Å²) in [5.41, 5.74) is 1.61. The number of ether oxygens (including phenoxy) is 3. The monoisotopic (exact) mass is 481 g/mol. The molecule has 0 radical (unpaired) electrons. The maximum absolute atomic E-state index is 13.2. The number of fused-ring (bicyclic) bond motifs is 3. The second kappa shape index (κ2) is 11.4. The number of esters is 2. The molecule has 0 aromatic heterocycles. The topological polar surface area (TPSA) is 82.1 Å². The first-order valence-electron chi connectivity index (χ1n) is 12.0. The summed E-state index contributed by atoms with van der Waals surface area (Å²) in [5.74, 6) is -0.873. The van der Waals surface area contributed by atoms with Crippen LogP contribution in [0.15, 0.2) is 61.2 Å². The molecule has 0 bridgehead atoms. The maximum atomic E-state index is 13.2. The average molecular weight is 482 g/mol. The Hall–Kier alpha value is -3.35. The largest absolute Gasteiger partial charge is 0.461 e. The van der Waals surface area contributed by atoms with Gasteiger partial charge in [0.25, 0.3) is 0 Å². The van der Waals surface area contributed by atoms with Crippen LogP contribution in [-0.2, 0) is 23.8 Å². The normalized spacial score (nSPS) is 20.9. The Kier molecular flexibility index (Phi) is 8.54. The minimum Gasteiger partial charge on any atom is -0.461 e. The van der Waals surface area contributed by atoms with Gasteiger partial charge in [0.1, 0.15) is 24.9 Å². The number of hydrogen-bond acceptors (Lipinski definition) is 6. The van der Waals surface area contributed by atoms with Gasteiger partial charge >= 0.3 is 18.0 Å². The van der Waals surface area contributed by atoms with Crippen molar-refractivity contribution < 1.29 is 28.6 Å². The fourth-order valence-electron chi connectivity index (χ4n) is 4.66. The second-order valence-electron chi connectivity index (χ2n) is 9.70. The zero-order valence-corrected chi connectivity index (χ0v) is 20.9. The standard InChI is InChI=1S/C28H35NO6/c1-6-16-33-25(30)17-24(26(31)35-28(3,4)5)29(7-2)27(32)34-18-23-21-14-10-8-12-19(21)20-13-9-11-15-22(20)23/h6,8-15,19,21,23-24H,1,7,16-18H2,2-5H3/t19?,21?,23?,24-/m0/s1. The number of likely N-dealkylation sites (N-methyl/N-ethyl adjacent to an activating group) is 1. The molecular formula is C28H35NO6. The van der Waals surface area contributed by atoms with Gasteiger partial charge in [0, 0.05) is 18.4 Å². The molecule has 7 heteroatoms. The number of hydrogen-bond donors (Lipinski definition) is 0. The van der Waals surface area contributed by atoms with Gasteiger partial charge in [-0.25, -0.2) is 9.59 Å². The summed E-state index contributed by atoms with van der Waals surface area (Å²) in [4.78, 5) is 39.7. The van der Waals surface area contributed by atoms with E-state index >= 15 is 0 Å². The van der Waals surface area contributed by atoms with Crippen molar-refractivity contribution >= 4 is 18.0 Å². The molecule has 0 N–H and O–H groups in total. The van der Waals surface area contributed by atoms with Gasteiger partial charge in [-0.1, -0.05) is 61.2 Å². The molecule has 0 heterocycles. The van der Waals surface area contributed by atoms with Crippen molar-refractivity contribution in [2.75, 3.05) is 19.8 Å². The molecule has 1 aromatic rings. The van der Waals surface area contributed by atoms with Crippen molar-refractivity contribution in [1.29, 1.82) is 0 Å². The predicted molar refractivity (Wildman–Crippen MR) is 133 cm³/mol. The Labute approximate surface area is 207 Å². The Morgan fingerprint density at radius 1 is 1.09 bits per heavy atom. The van der Waals surface area contributed by atoms with Crippen LogP contribution in [-0.4, -0.2) is 54.3 Å². The van der Waals surface area contributed by atoms with Crippen LogP contribution in [0.2, 0.25) is 0 Å². The zero-order chi connectivity index (χ0) is 25.6. The molecule has 0 spiro atoms. The smallest absolute Gasteiger partial charge is 0.410 e. The molecule has 2 aliphatic carbocycles. The highest BCUT2D eigenvalue weighted by Gasteiger charge is 2.40. The minimum atomic E-state index is -1.16. The van der Waals surface area contributed by atoms with Gasteiger partial charge in [-0.3, -0.25) is 9.69 Å². The number of carbonyl (C=O) groups excluding carboxylic acids is 3. The van der Waals surface area contributed by atoms with Gasteiger partial charge in [-0.05, 0) is 44.7 Å². The van der Waals surface area contributed by atoms with Crippen LogP contribution in [0.5, 0.6) is 0 Å². The molecule has 0 saturated carbocycles. The van der Waals surface area contributed by atoms with Gasteiger partial charge in [0.2, 0.25) is 0 Å². The first-order chi connectivity index (χ1) is 16.7. The minimum absolute atomic E-state index is 0.00223. The fourth-order valence-corrected chi connectivity index (χ4v) is 4.66. The molecule has 0 fully saturated rings. The summed E-state index contributed by atoms with van der Waals surface area (Å²) in [6.45, 7) is 10.8. The van der Waals surface area contributed by atoms with Crippen molar-refractivity contribution in [2.24, 2.45) is 5.92 Å². The van der Waals surface area contributed by atoms with E-state index in [0.717, 1.165) is 5.56 Å². The lowest BCUT2D eigenvalue weighted by Gasteiger charge is -2.31. The Morgan fingerprint density at radius 3 is 2.43 bits per heavy atom. The van der Waals surface area contributed by atoms with E-state index in [1.165, 1.54) is 16.5 Å². The van der Waals surface area contributed by atoms with Crippen LogP contribution in [0, 0.1) is 5.92 Å². The molecular weight excluding hydrogens is 446 g/mol. The third-order valence-electron chi connectivity index (χ3n) is 6.14. The van der Waals surface area contributed by atoms with Gasteiger partial charge in [-0.2, -0.15) is 0 Å². The van der Waals surface area contributed by atoms with Crippen LogP contribution < -0.4 is 0 Å². The lowest BCUT2D eigenvalue weighted by molar-refractivity contribution is -0.164. The maximum Gasteiger partial charge on any atom is 0.410 e. The summed E-state index contributed by atoms with van der Waals surface area (Å²) >= 11 is 0. The summed E-state index contributed by atoms with van der Waals surface area (Å²) in [7, 11) is 0. The molecule has 1 aromatic carbocycles. The number of nitrogens with zero attached hydrogens (tertiary/aromatic N) is 1. The molecule has 35 heavy (non-hydrogen) atoms. The van der Waals surface area contributed by atoms with Crippen molar-refractivity contribution in [1.82, 2.24) is 4.90 Å². The van der Waals surface area contributed by atoms with Crippen LogP contribution in [0.1, 0.15) is 57.1 Å². The lowest BCUT2D eigenvalue weighted by Crippen LogP contribution is -2.49. The van der Waals surface area contributed by atoms with Crippen molar-refractivity contribution in [2.45, 2.75) is 57.6 Å². The fraction of sp³-hybridized carbons (Fsp3) is 0.464. The van der Waals surface area contributed by atoms with Gasteiger partial charge in [0.15, 0.2) is 0 Å². The molecule has 4 atom stereocenters. The Morgan fingerprint density at radius 2 is 1.77 bits per heavy atom. The number of rotatable bonds is 9. The first-order valence-corrected chi connectivity index (χ1v) is 12.0. The van der Waals surface area contributed by atoms with E-state index in [4.69, 9.17) is 14.2 Å². The van der Waals surface area contributed by atoms with Crippen molar-refractivity contribution in [3.05, 3.63) is 72.4 Å². The van der Waals surface area contributed by atoms with E-state index in [1.807, 2.05) is 24.3 Å². The van der Waals surface area contributed by atoms with E-state index in [-0.39, 0.29) is 43.9 Å². The number of amides is 1. The summed E-state index contributed by atoms with van der Waals surface area (Å²) in [5, 5.41) is 0. The summed E-state index contributed by atoms with van der Waals surface area (Å²) in [6.07, 6.45) is 8.83. The van der Waals surface area contributed by atoms with Crippen molar-refractivity contribution in [3.63, 3.8) is 0 Å². The molecule has 7 nitrogen and oxygen atoms in total. The molecule has 1 amide bonds. The third-order valence-corrected chi connectivity index (χ3v) is 6.14. The third kappa shape index (κ3) is 6.41. The Bertz CT molecular complexity index is 1000. The van der Waals surface area contributed by atoms with Gasteiger partial charge < -0.3 is 14.2 Å². The number of allylic oxidation sites excluding steroid dienone is 4. The molecule has 188 valence electrons. The summed E-state index contributed by atoms with van der Waals surface area (Å²) < 4.78 is 16.3. The Balaban J connectivity index is 1.75. The molecule has 2 aliphatic rings. The van der Waals surface area contributed by atoms with Crippen LogP contribution in [0.3, 0.4) is 0 Å². The van der Waals surface area contributed by atoms with Gasteiger partial charge in [0.05, 0.1) is 6.42 Å². The van der Waals surface area contributed by atoms with Crippen LogP contribution in [0.4, 0.5) is 4.79 Å². The predicted octanol–water partition coefficient (Wildman–Crippen LogP) is 4.90. The lowest BCUT2D eigenvalue weighted by atomic mass is 9.84. The highest BCUT2D eigenvalue weighted by atomic mass is 16.6. The molecule has 3 rings (SSSR count). The van der Waals surface area contributed by atoms with Crippen LogP contribution in [0.25, 0.3) is 0 Å². The van der Waals surface area contributed by atoms with E-state index < -0.39 is 29.7 Å².